The number of amides is 1. The molecule has 0 aromatic heterocycles. The van der Waals surface area contributed by atoms with Gasteiger partial charge in [-0.25, -0.2) is 28.8 Å². The third-order valence-electron chi connectivity index (χ3n) is 6.54. The predicted molar refractivity (Wildman–Crippen MR) is 174 cm³/mol. The van der Waals surface area contributed by atoms with E-state index in [2.05, 4.69) is 5.32 Å². The summed E-state index contributed by atoms with van der Waals surface area (Å²) in [4.78, 5) is 76.4. The number of aliphatic carboxylic acids is 1. The minimum Gasteiger partial charge on any atom is -0.480 e. The Morgan fingerprint density at radius 2 is 1.08 bits per heavy atom. The van der Waals surface area contributed by atoms with Crippen LogP contribution in [0.1, 0.15) is 74.7 Å². The van der Waals surface area contributed by atoms with Crippen LogP contribution in [0.3, 0.4) is 0 Å². The highest BCUT2D eigenvalue weighted by Crippen LogP contribution is 2.32. The maximum atomic E-state index is 13.4. The lowest BCUT2D eigenvalue weighted by Gasteiger charge is -2.25. The van der Waals surface area contributed by atoms with E-state index < -0.39 is 58.8 Å². The minimum absolute atomic E-state index is 0.185. The predicted octanol–water partition coefficient (Wildman–Crippen LogP) is 5.29. The van der Waals surface area contributed by atoms with Gasteiger partial charge in [0.05, 0.1) is 11.1 Å². The first-order chi connectivity index (χ1) is 22.8. The Labute approximate surface area is 283 Å². The molecule has 0 saturated carbocycles. The van der Waals surface area contributed by atoms with Crippen LogP contribution < -0.4 is 14.8 Å². The van der Waals surface area contributed by atoms with Gasteiger partial charge in [-0.05, 0) is 90.4 Å². The van der Waals surface area contributed by atoms with Crippen LogP contribution in [0.25, 0.3) is 0 Å². The second-order valence-corrected chi connectivity index (χ2v) is 12.8. The van der Waals surface area contributed by atoms with Gasteiger partial charge < -0.3 is 34.1 Å². The van der Waals surface area contributed by atoms with Crippen LogP contribution in [0.5, 0.6) is 11.5 Å². The highest BCUT2D eigenvalue weighted by molar-refractivity contribution is 5.94. The molecule has 0 unspecified atom stereocenters. The lowest BCUT2D eigenvalue weighted by molar-refractivity contribution is -0.155. The highest BCUT2D eigenvalue weighted by Gasteiger charge is 2.38. The van der Waals surface area contributed by atoms with E-state index in [9.17, 15) is 33.9 Å². The second-order valence-electron chi connectivity index (χ2n) is 12.8. The topological polar surface area (TPSA) is 181 Å². The van der Waals surface area contributed by atoms with Gasteiger partial charge in [-0.2, -0.15) is 0 Å². The maximum Gasteiger partial charge on any atom is 0.408 e. The molecule has 0 bridgehead atoms. The van der Waals surface area contributed by atoms with Crippen molar-refractivity contribution in [2.24, 2.45) is 0 Å². The number of alkyl carbamates (subject to hydrolysis) is 1. The van der Waals surface area contributed by atoms with E-state index >= 15 is 0 Å². The molecule has 3 aromatic rings. The first kappa shape index (κ1) is 37.7. The van der Waals surface area contributed by atoms with Crippen LogP contribution in [0, 0.1) is 0 Å². The number of hydrogen-bond acceptors (Lipinski definition) is 11. The summed E-state index contributed by atoms with van der Waals surface area (Å²) < 4.78 is 27.1. The van der Waals surface area contributed by atoms with Crippen molar-refractivity contribution < 1.29 is 57.6 Å². The van der Waals surface area contributed by atoms with Gasteiger partial charge in [-0.3, -0.25) is 0 Å². The van der Waals surface area contributed by atoms with Gasteiger partial charge in [0, 0.05) is 6.42 Å². The molecule has 0 aliphatic carbocycles. The smallest absolute Gasteiger partial charge is 0.408 e. The summed E-state index contributed by atoms with van der Waals surface area (Å²) in [6.45, 7) is 10.1. The number of carboxylic acid groups (broad SMARTS) is 1. The highest BCUT2D eigenvalue weighted by atomic mass is 16.6. The largest absolute Gasteiger partial charge is 0.480 e. The van der Waals surface area contributed by atoms with Gasteiger partial charge in [0.2, 0.25) is 11.2 Å². The average molecular weight is 678 g/mol. The van der Waals surface area contributed by atoms with Crippen molar-refractivity contribution in [3.05, 3.63) is 95.6 Å². The lowest BCUT2D eigenvalue weighted by Crippen LogP contribution is -2.44. The van der Waals surface area contributed by atoms with Gasteiger partial charge in [0.15, 0.2) is 11.5 Å². The van der Waals surface area contributed by atoms with Crippen molar-refractivity contribution >= 4 is 35.9 Å². The number of carboxylic acids is 1. The van der Waals surface area contributed by atoms with Crippen LogP contribution in [0.4, 0.5) is 4.79 Å². The molecule has 0 spiro atoms. The van der Waals surface area contributed by atoms with Crippen molar-refractivity contribution in [1.29, 1.82) is 0 Å². The molecule has 1 amide bonds. The Bertz CT molecular complexity index is 1690. The standard InChI is InChI=1S/C36H39NO12/c1-34(2,3)49-33(44)37-25(28(38)39)20-22-18-19-26(45-31(42)35(4,5)47-29(40)23-14-10-8-11-15-23)27(21-22)46-32(43)36(6,7)48-30(41)24-16-12-9-13-17-24/h8-19,21,25H,20H2,1-7H3,(H,37,44)(H,38,39)/t25-/m0/s1. The molecule has 1 atom stereocenters. The van der Waals surface area contributed by atoms with E-state index in [-0.39, 0.29) is 34.6 Å². The number of ether oxygens (including phenoxy) is 5. The summed E-state index contributed by atoms with van der Waals surface area (Å²) in [5.41, 5.74) is -3.94. The van der Waals surface area contributed by atoms with Crippen molar-refractivity contribution in [3.63, 3.8) is 0 Å². The second kappa shape index (κ2) is 15.5. The van der Waals surface area contributed by atoms with Gasteiger partial charge >= 0.3 is 35.9 Å². The number of nitrogens with one attached hydrogen (secondary N) is 1. The molecule has 0 fully saturated rings. The van der Waals surface area contributed by atoms with Gasteiger partial charge in [-0.1, -0.05) is 42.5 Å². The number of carbonyl (C=O) groups excluding carboxylic acids is 5. The number of benzene rings is 3. The Kier molecular flexibility index (Phi) is 11.9. The zero-order valence-corrected chi connectivity index (χ0v) is 28.2. The number of rotatable bonds is 12. The monoisotopic (exact) mass is 677 g/mol. The molecule has 13 nitrogen and oxygen atoms in total. The third kappa shape index (κ3) is 11.2. The van der Waals surface area contributed by atoms with Crippen LogP contribution in [0.15, 0.2) is 78.9 Å². The first-order valence-electron chi connectivity index (χ1n) is 15.1. The molecule has 0 aliphatic rings. The summed E-state index contributed by atoms with van der Waals surface area (Å²) >= 11 is 0. The van der Waals surface area contributed by atoms with Crippen molar-refractivity contribution in [2.75, 3.05) is 0 Å². The SMILES string of the molecule is CC(C)(C)OC(=O)N[C@@H](Cc1ccc(OC(=O)C(C)(C)OC(=O)c2ccccc2)c(OC(=O)C(C)(C)OC(=O)c2ccccc2)c1)C(=O)O. The van der Waals surface area contributed by atoms with E-state index in [1.807, 2.05) is 0 Å². The number of esters is 4. The van der Waals surface area contributed by atoms with E-state index in [4.69, 9.17) is 23.7 Å². The Hall–Kier alpha value is -5.72. The molecule has 49 heavy (non-hydrogen) atoms. The molecule has 0 saturated heterocycles. The van der Waals surface area contributed by atoms with Crippen LogP contribution in [-0.4, -0.2) is 63.9 Å². The first-order valence-corrected chi connectivity index (χ1v) is 15.1. The van der Waals surface area contributed by atoms with Crippen molar-refractivity contribution in [3.8, 4) is 11.5 Å². The molecule has 0 radical (unpaired) electrons. The minimum atomic E-state index is -1.85. The van der Waals surface area contributed by atoms with Crippen LogP contribution >= 0.6 is 0 Å². The zero-order valence-electron chi connectivity index (χ0n) is 28.2. The maximum absolute atomic E-state index is 13.4. The molecular formula is C36H39NO12. The Morgan fingerprint density at radius 3 is 1.51 bits per heavy atom. The fraction of sp³-hybridized carbons (Fsp3) is 0.333. The van der Waals surface area contributed by atoms with E-state index in [0.717, 1.165) is 0 Å². The van der Waals surface area contributed by atoms with Gasteiger partial charge in [0.25, 0.3) is 0 Å². The summed E-state index contributed by atoms with van der Waals surface area (Å²) in [5, 5.41) is 12.1. The van der Waals surface area contributed by atoms with Crippen LogP contribution in [-0.2, 0) is 35.0 Å². The third-order valence-corrected chi connectivity index (χ3v) is 6.54. The number of hydrogen-bond donors (Lipinski definition) is 2. The zero-order chi connectivity index (χ0) is 36.6. The van der Waals surface area contributed by atoms with Crippen molar-refractivity contribution in [1.82, 2.24) is 5.32 Å². The summed E-state index contributed by atoms with van der Waals surface area (Å²) in [5.74, 6) is -5.73. The molecule has 0 heterocycles. The van der Waals surface area contributed by atoms with Gasteiger partial charge in [-0.15, -0.1) is 0 Å². The molecule has 3 aromatic carbocycles. The quantitative estimate of drug-likeness (QED) is 0.144. The normalized spacial score (nSPS) is 12.1. The van der Waals surface area contributed by atoms with E-state index in [1.165, 1.54) is 70.2 Å². The van der Waals surface area contributed by atoms with E-state index in [0.29, 0.717) is 0 Å². The molecule has 260 valence electrons. The molecule has 13 heteroatoms. The summed E-state index contributed by atoms with van der Waals surface area (Å²) in [6.07, 6.45) is -1.27. The average Bonchev–Trinajstić information content (AvgIpc) is 3.01. The fourth-order valence-electron chi connectivity index (χ4n) is 3.99. The lowest BCUT2D eigenvalue weighted by atomic mass is 10.0. The molecular weight excluding hydrogens is 638 g/mol. The Balaban J connectivity index is 1.90. The van der Waals surface area contributed by atoms with Gasteiger partial charge in [0.1, 0.15) is 11.6 Å². The fourth-order valence-corrected chi connectivity index (χ4v) is 3.99. The summed E-state index contributed by atoms with van der Waals surface area (Å²) in [7, 11) is 0. The number of carbonyl (C=O) groups is 6. The van der Waals surface area contributed by atoms with Crippen molar-refractivity contribution in [2.45, 2.75) is 77.7 Å². The van der Waals surface area contributed by atoms with E-state index in [1.54, 1.807) is 57.2 Å². The Morgan fingerprint density at radius 1 is 0.633 bits per heavy atom. The molecule has 0 aliphatic heterocycles. The summed E-state index contributed by atoms with van der Waals surface area (Å²) in [6, 6.07) is 18.3. The van der Waals surface area contributed by atoms with Crippen LogP contribution in [0.2, 0.25) is 0 Å². The molecule has 2 N–H and O–H groups in total. The molecule has 3 rings (SSSR count).